The van der Waals surface area contributed by atoms with E-state index in [1.807, 2.05) is 33.8 Å². The van der Waals surface area contributed by atoms with Crippen LogP contribution in [0.2, 0.25) is 0 Å². The van der Waals surface area contributed by atoms with Gasteiger partial charge in [-0.05, 0) is 45.7 Å². The molecule has 1 amide bonds. The fourth-order valence-electron chi connectivity index (χ4n) is 3.38. The van der Waals surface area contributed by atoms with Crippen LogP contribution in [-0.2, 0) is 4.74 Å². The molecule has 0 radical (unpaired) electrons. The zero-order chi connectivity index (χ0) is 17.5. The lowest BCUT2D eigenvalue weighted by molar-refractivity contribution is 0.0292. The van der Waals surface area contributed by atoms with E-state index in [0.717, 1.165) is 23.3 Å². The molecule has 1 aromatic carbocycles. The number of hydrogen-bond donors (Lipinski definition) is 1. The highest BCUT2D eigenvalue weighted by atomic mass is 16.6. The van der Waals surface area contributed by atoms with E-state index >= 15 is 0 Å². The molecule has 6 heteroatoms. The first kappa shape index (κ1) is 16.7. The third-order valence-corrected chi connectivity index (χ3v) is 4.33. The molecule has 2 aliphatic rings. The molecular formula is C18H26N2O4. The largest absolute Gasteiger partial charge is 0.486 e. The van der Waals surface area contributed by atoms with Crippen molar-refractivity contribution in [1.29, 1.82) is 0 Å². The topological polar surface area (TPSA) is 74.0 Å². The first-order valence-corrected chi connectivity index (χ1v) is 8.43. The van der Waals surface area contributed by atoms with Gasteiger partial charge in [0.05, 0.1) is 5.69 Å². The molecule has 1 unspecified atom stereocenters. The number of hydrogen-bond acceptors (Lipinski definition) is 5. The Kier molecular flexibility index (Phi) is 4.24. The molecule has 0 saturated carbocycles. The zero-order valence-corrected chi connectivity index (χ0v) is 14.8. The molecule has 1 atom stereocenters. The molecule has 1 saturated heterocycles. The van der Waals surface area contributed by atoms with Crippen molar-refractivity contribution in [3.8, 4) is 11.5 Å². The molecule has 2 N–H and O–H groups in total. The summed E-state index contributed by atoms with van der Waals surface area (Å²) in [5.74, 6) is 1.58. The van der Waals surface area contributed by atoms with Crippen molar-refractivity contribution in [3.05, 3.63) is 17.2 Å². The summed E-state index contributed by atoms with van der Waals surface area (Å²) in [5.41, 5.74) is 8.36. The molecule has 2 aliphatic heterocycles. The summed E-state index contributed by atoms with van der Waals surface area (Å²) in [6.45, 7) is 9.99. The number of rotatable bonds is 1. The third-order valence-electron chi connectivity index (χ3n) is 4.33. The number of benzene rings is 1. The summed E-state index contributed by atoms with van der Waals surface area (Å²) in [6.07, 6.45) is 0.615. The molecule has 132 valence electrons. The van der Waals surface area contributed by atoms with Gasteiger partial charge in [-0.15, -0.1) is 0 Å². The van der Waals surface area contributed by atoms with Gasteiger partial charge in [0.2, 0.25) is 0 Å². The van der Waals surface area contributed by atoms with Crippen LogP contribution < -0.4 is 15.2 Å². The molecule has 24 heavy (non-hydrogen) atoms. The van der Waals surface area contributed by atoms with E-state index in [-0.39, 0.29) is 12.0 Å². The van der Waals surface area contributed by atoms with E-state index in [9.17, 15) is 4.79 Å². The summed E-state index contributed by atoms with van der Waals surface area (Å²) >= 11 is 0. The molecule has 6 nitrogen and oxygen atoms in total. The van der Waals surface area contributed by atoms with Crippen LogP contribution >= 0.6 is 0 Å². The van der Waals surface area contributed by atoms with Crippen molar-refractivity contribution in [2.24, 2.45) is 0 Å². The van der Waals surface area contributed by atoms with Crippen LogP contribution in [0, 0.1) is 6.92 Å². The standard InChI is InChI=1S/C18H26N2O4/c1-11-9-13(19)15-16(23-8-7-22-15)14(11)12-5-6-20(10-12)17(21)24-18(2,3)4/h9,12H,5-8,10,19H2,1-4H3. The van der Waals surface area contributed by atoms with E-state index in [0.29, 0.717) is 37.7 Å². The van der Waals surface area contributed by atoms with Gasteiger partial charge in [-0.2, -0.15) is 0 Å². The van der Waals surface area contributed by atoms with Crippen molar-refractivity contribution in [3.63, 3.8) is 0 Å². The summed E-state index contributed by atoms with van der Waals surface area (Å²) in [7, 11) is 0. The molecule has 2 heterocycles. The molecule has 0 spiro atoms. The average Bonchev–Trinajstić information content (AvgIpc) is 2.95. The van der Waals surface area contributed by atoms with Crippen LogP contribution in [0.4, 0.5) is 10.5 Å². The number of anilines is 1. The lowest BCUT2D eigenvalue weighted by Gasteiger charge is -2.27. The lowest BCUT2D eigenvalue weighted by atomic mass is 9.92. The van der Waals surface area contributed by atoms with Crippen LogP contribution in [-0.4, -0.2) is 42.9 Å². The fourth-order valence-corrected chi connectivity index (χ4v) is 3.38. The van der Waals surface area contributed by atoms with Crippen molar-refractivity contribution in [1.82, 2.24) is 4.90 Å². The number of fused-ring (bicyclic) bond motifs is 1. The van der Waals surface area contributed by atoms with Crippen LogP contribution in [0.1, 0.15) is 44.2 Å². The molecule has 0 aliphatic carbocycles. The minimum atomic E-state index is -0.484. The Hall–Kier alpha value is -2.11. The van der Waals surface area contributed by atoms with Crippen LogP contribution in [0.5, 0.6) is 11.5 Å². The van der Waals surface area contributed by atoms with Gasteiger partial charge in [0.15, 0.2) is 11.5 Å². The van der Waals surface area contributed by atoms with Gasteiger partial charge >= 0.3 is 6.09 Å². The second-order valence-corrected chi connectivity index (χ2v) is 7.46. The van der Waals surface area contributed by atoms with Crippen molar-refractivity contribution < 1.29 is 19.0 Å². The second-order valence-electron chi connectivity index (χ2n) is 7.46. The van der Waals surface area contributed by atoms with Crippen LogP contribution in [0.25, 0.3) is 0 Å². The number of nitrogens with two attached hydrogens (primary N) is 1. The number of amides is 1. The molecule has 3 rings (SSSR count). The Balaban J connectivity index is 1.83. The quantitative estimate of drug-likeness (QED) is 0.799. The van der Waals surface area contributed by atoms with Crippen molar-refractivity contribution >= 4 is 11.8 Å². The smallest absolute Gasteiger partial charge is 0.410 e. The van der Waals surface area contributed by atoms with Gasteiger partial charge < -0.3 is 24.8 Å². The highest BCUT2D eigenvalue weighted by molar-refractivity contribution is 5.70. The highest BCUT2D eigenvalue weighted by Gasteiger charge is 2.34. The molecule has 0 bridgehead atoms. The average molecular weight is 334 g/mol. The summed E-state index contributed by atoms with van der Waals surface area (Å²) in [6, 6.07) is 1.93. The second kappa shape index (κ2) is 6.07. The number of likely N-dealkylation sites (tertiary alicyclic amines) is 1. The SMILES string of the molecule is Cc1cc(N)c2c(c1C1CCN(C(=O)OC(C)(C)C)C1)OCCO2. The Bertz CT molecular complexity index is 651. The van der Waals surface area contributed by atoms with Gasteiger partial charge in [0, 0.05) is 24.6 Å². The summed E-state index contributed by atoms with van der Waals surface area (Å²) in [5, 5.41) is 0. The van der Waals surface area contributed by atoms with Gasteiger partial charge in [-0.3, -0.25) is 0 Å². The molecular weight excluding hydrogens is 308 g/mol. The van der Waals surface area contributed by atoms with Crippen molar-refractivity contribution in [2.75, 3.05) is 32.0 Å². The number of nitrogens with zero attached hydrogens (tertiary/aromatic N) is 1. The number of ether oxygens (including phenoxy) is 3. The first-order chi connectivity index (χ1) is 11.3. The number of carbonyl (C=O) groups excluding carboxylic acids is 1. The Labute approximate surface area is 142 Å². The normalized spacial score (nSPS) is 20.2. The fraction of sp³-hybridized carbons (Fsp3) is 0.611. The van der Waals surface area contributed by atoms with Crippen LogP contribution in [0.15, 0.2) is 6.07 Å². The molecule has 1 aromatic rings. The maximum absolute atomic E-state index is 12.3. The predicted octanol–water partition coefficient (Wildman–Crippen LogP) is 3.07. The van der Waals surface area contributed by atoms with Crippen molar-refractivity contribution in [2.45, 2.75) is 45.6 Å². The maximum atomic E-state index is 12.3. The van der Waals surface area contributed by atoms with Gasteiger partial charge in [-0.25, -0.2) is 4.79 Å². The van der Waals surface area contributed by atoms with E-state index < -0.39 is 5.60 Å². The zero-order valence-electron chi connectivity index (χ0n) is 14.8. The van der Waals surface area contributed by atoms with Gasteiger partial charge in [0.25, 0.3) is 0 Å². The van der Waals surface area contributed by atoms with E-state index in [2.05, 4.69) is 0 Å². The first-order valence-electron chi connectivity index (χ1n) is 8.43. The summed E-state index contributed by atoms with van der Waals surface area (Å²) < 4.78 is 17.0. The molecule has 0 aromatic heterocycles. The van der Waals surface area contributed by atoms with Gasteiger partial charge in [0.1, 0.15) is 18.8 Å². The van der Waals surface area contributed by atoms with E-state index in [1.54, 1.807) is 4.90 Å². The monoisotopic (exact) mass is 334 g/mol. The number of carbonyl (C=O) groups is 1. The summed E-state index contributed by atoms with van der Waals surface area (Å²) in [4.78, 5) is 14.1. The molecule has 1 fully saturated rings. The maximum Gasteiger partial charge on any atom is 0.410 e. The minimum Gasteiger partial charge on any atom is -0.486 e. The Morgan fingerprint density at radius 3 is 2.62 bits per heavy atom. The predicted molar refractivity (Wildman–Crippen MR) is 91.7 cm³/mol. The Morgan fingerprint density at radius 1 is 1.29 bits per heavy atom. The van der Waals surface area contributed by atoms with Gasteiger partial charge in [-0.1, -0.05) is 0 Å². The lowest BCUT2D eigenvalue weighted by Crippen LogP contribution is -2.35. The van der Waals surface area contributed by atoms with Crippen LogP contribution in [0.3, 0.4) is 0 Å². The Morgan fingerprint density at radius 2 is 1.96 bits per heavy atom. The number of nitrogen functional groups attached to an aromatic ring is 1. The van der Waals surface area contributed by atoms with E-state index in [1.165, 1.54) is 0 Å². The highest BCUT2D eigenvalue weighted by Crippen LogP contribution is 2.46. The third kappa shape index (κ3) is 3.23. The minimum absolute atomic E-state index is 0.202. The number of aryl methyl sites for hydroxylation is 1. The van der Waals surface area contributed by atoms with E-state index in [4.69, 9.17) is 19.9 Å².